The van der Waals surface area contributed by atoms with Crippen molar-refractivity contribution < 1.29 is 22.3 Å². The zero-order valence-corrected chi connectivity index (χ0v) is 13.6. The number of nitrogens with one attached hydrogen (secondary N) is 1. The molecule has 1 aliphatic rings. The number of carbonyl (C=O) groups excluding carboxylic acids is 1. The molecule has 1 heterocycles. The predicted octanol–water partition coefficient (Wildman–Crippen LogP) is 2.99. The lowest BCUT2D eigenvalue weighted by Crippen LogP contribution is -2.23. The fourth-order valence-electron chi connectivity index (χ4n) is 2.55. The van der Waals surface area contributed by atoms with E-state index in [-0.39, 0.29) is 17.4 Å². The van der Waals surface area contributed by atoms with E-state index in [0.29, 0.717) is 23.6 Å². The van der Waals surface area contributed by atoms with Crippen LogP contribution in [-0.4, -0.2) is 25.8 Å². The number of benzene rings is 2. The Hall–Kier alpha value is -2.41. The van der Waals surface area contributed by atoms with E-state index in [0.717, 1.165) is 0 Å². The molecule has 1 fully saturated rings. The summed E-state index contributed by atoms with van der Waals surface area (Å²) in [5, 5.41) is 2.70. The van der Waals surface area contributed by atoms with Crippen molar-refractivity contribution in [1.82, 2.24) is 0 Å². The number of carbonyl (C=O) groups is 1. The van der Waals surface area contributed by atoms with E-state index in [9.17, 15) is 17.6 Å². The summed E-state index contributed by atoms with van der Waals surface area (Å²) in [5.74, 6) is -0.774. The van der Waals surface area contributed by atoms with Gasteiger partial charge in [-0.2, -0.15) is 0 Å². The van der Waals surface area contributed by atoms with Crippen LogP contribution in [0.2, 0.25) is 0 Å². The maximum absolute atomic E-state index is 13.3. The van der Waals surface area contributed by atoms with Crippen LogP contribution in [0.25, 0.3) is 0 Å². The molecule has 0 aliphatic carbocycles. The van der Waals surface area contributed by atoms with Crippen molar-refractivity contribution in [3.8, 4) is 11.5 Å². The topological polar surface area (TPSA) is 72.5 Å². The van der Waals surface area contributed by atoms with Crippen molar-refractivity contribution in [2.75, 3.05) is 16.8 Å². The molecule has 0 aromatic heterocycles. The second-order valence-corrected chi connectivity index (χ2v) is 7.87. The van der Waals surface area contributed by atoms with Crippen molar-refractivity contribution in [3.05, 3.63) is 54.3 Å². The first-order valence-electron chi connectivity index (χ1n) is 7.47. The Labute approximate surface area is 139 Å². The molecular weight excluding hydrogens is 333 g/mol. The first-order chi connectivity index (χ1) is 11.4. The third-order valence-electron chi connectivity index (χ3n) is 3.77. The van der Waals surface area contributed by atoms with Crippen molar-refractivity contribution in [1.29, 1.82) is 0 Å². The summed E-state index contributed by atoms with van der Waals surface area (Å²) in [5.41, 5.74) is 0.413. The third-order valence-corrected chi connectivity index (χ3v) is 5.54. The van der Waals surface area contributed by atoms with E-state index in [1.54, 1.807) is 30.3 Å². The van der Waals surface area contributed by atoms with E-state index in [1.165, 1.54) is 18.2 Å². The molecule has 0 saturated carbocycles. The Morgan fingerprint density at radius 1 is 1.17 bits per heavy atom. The summed E-state index contributed by atoms with van der Waals surface area (Å²) in [6.45, 7) is 0. The molecular formula is C17H16FNO4S. The molecule has 126 valence electrons. The molecule has 1 aliphatic heterocycles. The zero-order valence-electron chi connectivity index (χ0n) is 12.7. The maximum atomic E-state index is 13.3. The van der Waals surface area contributed by atoms with Gasteiger partial charge in [-0.3, -0.25) is 4.79 Å². The van der Waals surface area contributed by atoms with E-state index >= 15 is 0 Å². The van der Waals surface area contributed by atoms with Gasteiger partial charge < -0.3 is 10.1 Å². The quantitative estimate of drug-likeness (QED) is 0.921. The summed E-state index contributed by atoms with van der Waals surface area (Å²) in [4.78, 5) is 12.3. The van der Waals surface area contributed by atoms with Crippen LogP contribution in [0.4, 0.5) is 10.1 Å². The van der Waals surface area contributed by atoms with Crippen LogP contribution in [0.5, 0.6) is 11.5 Å². The van der Waals surface area contributed by atoms with Gasteiger partial charge in [0.05, 0.1) is 23.1 Å². The van der Waals surface area contributed by atoms with Crippen LogP contribution < -0.4 is 10.1 Å². The number of hydrogen-bond donors (Lipinski definition) is 1. The van der Waals surface area contributed by atoms with Gasteiger partial charge in [0, 0.05) is 6.07 Å². The maximum Gasteiger partial charge on any atom is 0.228 e. The van der Waals surface area contributed by atoms with Crippen LogP contribution in [0.1, 0.15) is 6.42 Å². The number of amides is 1. The first kappa shape index (κ1) is 16.4. The molecule has 3 rings (SSSR count). The molecule has 24 heavy (non-hydrogen) atoms. The Bertz CT molecular complexity index is 866. The molecule has 1 unspecified atom stereocenters. The van der Waals surface area contributed by atoms with E-state index in [2.05, 4.69) is 5.32 Å². The monoisotopic (exact) mass is 349 g/mol. The Morgan fingerprint density at radius 3 is 2.67 bits per heavy atom. The first-order valence-corrected chi connectivity index (χ1v) is 9.29. The van der Waals surface area contributed by atoms with Gasteiger partial charge in [0.25, 0.3) is 0 Å². The highest BCUT2D eigenvalue weighted by Crippen LogP contribution is 2.30. The molecule has 1 N–H and O–H groups in total. The number of halogens is 1. The van der Waals surface area contributed by atoms with E-state index in [1.807, 2.05) is 0 Å². The fourth-order valence-corrected chi connectivity index (χ4v) is 4.29. The van der Waals surface area contributed by atoms with Crippen molar-refractivity contribution >= 4 is 21.4 Å². The SMILES string of the molecule is O=C(Nc1ccccc1Oc1cccc(F)c1)C1CCS(=O)(=O)C1. The van der Waals surface area contributed by atoms with Crippen molar-refractivity contribution in [2.24, 2.45) is 5.92 Å². The number of anilines is 1. The normalized spacial score (nSPS) is 19.0. The summed E-state index contributed by atoms with van der Waals surface area (Å²) in [6, 6.07) is 12.4. The molecule has 1 amide bonds. The molecule has 1 saturated heterocycles. The zero-order chi connectivity index (χ0) is 17.2. The van der Waals surface area contributed by atoms with Crippen LogP contribution in [0, 0.1) is 11.7 Å². The fraction of sp³-hybridized carbons (Fsp3) is 0.235. The van der Waals surface area contributed by atoms with Gasteiger partial charge in [0.15, 0.2) is 15.6 Å². The standard InChI is InChI=1S/C17H16FNO4S/c18-13-4-3-5-14(10-13)23-16-7-2-1-6-15(16)19-17(20)12-8-9-24(21,22)11-12/h1-7,10,12H,8-9,11H2,(H,19,20). The van der Waals surface area contributed by atoms with Crippen LogP contribution in [0.3, 0.4) is 0 Å². The number of para-hydroxylation sites is 2. The van der Waals surface area contributed by atoms with Gasteiger partial charge >= 0.3 is 0 Å². The third kappa shape index (κ3) is 3.91. The summed E-state index contributed by atoms with van der Waals surface area (Å²) < 4.78 is 41.9. The average molecular weight is 349 g/mol. The van der Waals surface area contributed by atoms with E-state index < -0.39 is 21.6 Å². The minimum Gasteiger partial charge on any atom is -0.455 e. The molecule has 5 nitrogen and oxygen atoms in total. The smallest absolute Gasteiger partial charge is 0.228 e. The van der Waals surface area contributed by atoms with Gasteiger partial charge in [0.1, 0.15) is 11.6 Å². The Kier molecular flexibility index (Phi) is 4.53. The molecule has 0 bridgehead atoms. The van der Waals surface area contributed by atoms with Gasteiger partial charge in [-0.15, -0.1) is 0 Å². The molecule has 2 aromatic carbocycles. The highest BCUT2D eigenvalue weighted by atomic mass is 32.2. The lowest BCUT2D eigenvalue weighted by Gasteiger charge is -2.14. The number of sulfone groups is 1. The second-order valence-electron chi connectivity index (χ2n) is 5.64. The van der Waals surface area contributed by atoms with Gasteiger partial charge in [0.2, 0.25) is 5.91 Å². The van der Waals surface area contributed by atoms with Crippen molar-refractivity contribution in [3.63, 3.8) is 0 Å². The van der Waals surface area contributed by atoms with Crippen LogP contribution in [0.15, 0.2) is 48.5 Å². The van der Waals surface area contributed by atoms with Crippen LogP contribution >= 0.6 is 0 Å². The molecule has 0 radical (unpaired) electrons. The largest absolute Gasteiger partial charge is 0.455 e. The van der Waals surface area contributed by atoms with E-state index in [4.69, 9.17) is 4.74 Å². The Balaban J connectivity index is 1.76. The Morgan fingerprint density at radius 2 is 1.96 bits per heavy atom. The van der Waals surface area contributed by atoms with Gasteiger partial charge in [-0.25, -0.2) is 12.8 Å². The number of ether oxygens (including phenoxy) is 1. The number of rotatable bonds is 4. The van der Waals surface area contributed by atoms with Gasteiger partial charge in [-0.05, 0) is 30.7 Å². The second kappa shape index (κ2) is 6.60. The molecule has 7 heteroatoms. The summed E-state index contributed by atoms with van der Waals surface area (Å²) in [7, 11) is -3.13. The predicted molar refractivity (Wildman–Crippen MR) is 88.3 cm³/mol. The lowest BCUT2D eigenvalue weighted by molar-refractivity contribution is -0.119. The number of hydrogen-bond acceptors (Lipinski definition) is 4. The lowest BCUT2D eigenvalue weighted by atomic mass is 10.1. The average Bonchev–Trinajstić information content (AvgIpc) is 2.89. The van der Waals surface area contributed by atoms with Gasteiger partial charge in [-0.1, -0.05) is 18.2 Å². The molecule has 1 atom stereocenters. The molecule has 0 spiro atoms. The van der Waals surface area contributed by atoms with Crippen LogP contribution in [-0.2, 0) is 14.6 Å². The summed E-state index contributed by atoms with van der Waals surface area (Å²) in [6.07, 6.45) is 0.321. The van der Waals surface area contributed by atoms with Crippen molar-refractivity contribution in [2.45, 2.75) is 6.42 Å². The highest BCUT2D eigenvalue weighted by Gasteiger charge is 2.33. The minimum absolute atomic E-state index is 0.0343. The highest BCUT2D eigenvalue weighted by molar-refractivity contribution is 7.91. The summed E-state index contributed by atoms with van der Waals surface area (Å²) >= 11 is 0. The minimum atomic E-state index is -3.13. The molecule has 2 aromatic rings.